The van der Waals surface area contributed by atoms with Gasteiger partial charge in [0.1, 0.15) is 5.69 Å². The number of aromatic nitrogens is 2. The fourth-order valence-corrected chi connectivity index (χ4v) is 3.14. The van der Waals surface area contributed by atoms with Crippen LogP contribution in [-0.4, -0.2) is 15.2 Å². The highest BCUT2D eigenvalue weighted by Gasteiger charge is 2.15. The van der Waals surface area contributed by atoms with E-state index in [-0.39, 0.29) is 5.78 Å². The lowest BCUT2D eigenvalue weighted by atomic mass is 10.2. The molecular formula is C18H13ClN2O. The predicted octanol–water partition coefficient (Wildman–Crippen LogP) is 4.81. The second-order valence-corrected chi connectivity index (χ2v) is 6.01. The molecule has 2 aromatic heterocycles. The van der Waals surface area contributed by atoms with E-state index in [1.165, 1.54) is 5.56 Å². The Bertz CT molecular complexity index is 1080. The minimum Gasteiger partial charge on any atom is -0.305 e. The lowest BCUT2D eigenvalue weighted by molar-refractivity contribution is 0.101. The van der Waals surface area contributed by atoms with E-state index in [4.69, 9.17) is 11.6 Å². The summed E-state index contributed by atoms with van der Waals surface area (Å²) in [6, 6.07) is 13.8. The van der Waals surface area contributed by atoms with Gasteiger partial charge in [-0.2, -0.15) is 0 Å². The maximum Gasteiger partial charge on any atom is 0.180 e. The van der Waals surface area contributed by atoms with Crippen LogP contribution in [0.1, 0.15) is 23.0 Å². The van der Waals surface area contributed by atoms with Gasteiger partial charge in [-0.3, -0.25) is 4.79 Å². The molecule has 0 saturated carbocycles. The minimum atomic E-state index is -0.0404. The third-order valence-electron chi connectivity index (χ3n) is 3.94. The van der Waals surface area contributed by atoms with Crippen molar-refractivity contribution >= 4 is 44.8 Å². The molecule has 0 amide bonds. The zero-order valence-electron chi connectivity index (χ0n) is 12.2. The van der Waals surface area contributed by atoms with Crippen molar-refractivity contribution in [3.8, 4) is 0 Å². The summed E-state index contributed by atoms with van der Waals surface area (Å²) in [4.78, 5) is 16.5. The molecule has 0 unspecified atom stereocenters. The molecule has 0 N–H and O–H groups in total. The van der Waals surface area contributed by atoms with Gasteiger partial charge in [-0.25, -0.2) is 4.98 Å². The van der Waals surface area contributed by atoms with Crippen LogP contribution in [0.3, 0.4) is 0 Å². The molecule has 0 saturated heterocycles. The van der Waals surface area contributed by atoms with E-state index in [2.05, 4.69) is 34.5 Å². The Kier molecular flexibility index (Phi) is 2.75. The Morgan fingerprint density at radius 2 is 1.86 bits per heavy atom. The number of carbonyl (C=O) groups is 1. The molecule has 0 fully saturated rings. The van der Waals surface area contributed by atoms with Crippen LogP contribution in [0.4, 0.5) is 0 Å². The number of rotatable bonds is 1. The van der Waals surface area contributed by atoms with Gasteiger partial charge in [-0.15, -0.1) is 0 Å². The quantitative estimate of drug-likeness (QED) is 0.473. The molecule has 108 valence electrons. The van der Waals surface area contributed by atoms with E-state index in [1.54, 1.807) is 13.0 Å². The van der Waals surface area contributed by atoms with Crippen LogP contribution in [0.15, 0.2) is 42.5 Å². The SMILES string of the molecule is CC(=O)c1nc2ccc(Cl)cc2n2c1cc1cc(C)ccc12. The topological polar surface area (TPSA) is 34.4 Å². The summed E-state index contributed by atoms with van der Waals surface area (Å²) in [6.07, 6.45) is 0. The van der Waals surface area contributed by atoms with Gasteiger partial charge >= 0.3 is 0 Å². The summed E-state index contributed by atoms with van der Waals surface area (Å²) in [5, 5.41) is 1.75. The van der Waals surface area contributed by atoms with Crippen LogP contribution >= 0.6 is 11.6 Å². The number of nitrogens with zero attached hydrogens (tertiary/aromatic N) is 2. The zero-order valence-corrected chi connectivity index (χ0v) is 13.0. The third-order valence-corrected chi connectivity index (χ3v) is 4.18. The summed E-state index contributed by atoms with van der Waals surface area (Å²) >= 11 is 6.16. The van der Waals surface area contributed by atoms with Crippen LogP contribution in [0.25, 0.3) is 27.5 Å². The van der Waals surface area contributed by atoms with Crippen LogP contribution < -0.4 is 0 Å². The van der Waals surface area contributed by atoms with E-state index in [1.807, 2.05) is 18.2 Å². The van der Waals surface area contributed by atoms with Crippen molar-refractivity contribution in [2.75, 3.05) is 0 Å². The molecule has 2 aromatic carbocycles. The first-order chi connectivity index (χ1) is 10.5. The largest absolute Gasteiger partial charge is 0.305 e. The second kappa shape index (κ2) is 4.55. The first kappa shape index (κ1) is 13.3. The highest BCUT2D eigenvalue weighted by molar-refractivity contribution is 6.31. The Labute approximate surface area is 132 Å². The van der Waals surface area contributed by atoms with Crippen molar-refractivity contribution in [3.63, 3.8) is 0 Å². The summed E-state index contributed by atoms with van der Waals surface area (Å²) in [5.41, 5.74) is 5.22. The minimum absolute atomic E-state index is 0.0404. The Morgan fingerprint density at radius 1 is 1.05 bits per heavy atom. The van der Waals surface area contributed by atoms with E-state index in [9.17, 15) is 4.79 Å². The lowest BCUT2D eigenvalue weighted by Gasteiger charge is -2.08. The molecule has 4 rings (SSSR count). The highest BCUT2D eigenvalue weighted by atomic mass is 35.5. The van der Waals surface area contributed by atoms with E-state index in [0.717, 1.165) is 27.5 Å². The van der Waals surface area contributed by atoms with Gasteiger partial charge in [0.05, 0.1) is 22.1 Å². The van der Waals surface area contributed by atoms with E-state index in [0.29, 0.717) is 10.7 Å². The summed E-state index contributed by atoms with van der Waals surface area (Å²) in [6.45, 7) is 3.61. The first-order valence-corrected chi connectivity index (χ1v) is 7.44. The standard InChI is InChI=1S/C18H13ClN2O/c1-10-3-6-15-12(7-10)8-17-18(11(2)22)20-14-5-4-13(19)9-16(14)21(15)17/h3-9H,1-2H3. The number of hydrogen-bond acceptors (Lipinski definition) is 2. The molecule has 4 aromatic rings. The van der Waals surface area contributed by atoms with Gasteiger partial charge in [0.2, 0.25) is 0 Å². The summed E-state index contributed by atoms with van der Waals surface area (Å²) in [7, 11) is 0. The Morgan fingerprint density at radius 3 is 2.64 bits per heavy atom. The first-order valence-electron chi connectivity index (χ1n) is 7.06. The summed E-state index contributed by atoms with van der Waals surface area (Å²) in [5.74, 6) is -0.0404. The lowest BCUT2D eigenvalue weighted by Crippen LogP contribution is -2.02. The number of fused-ring (bicyclic) bond motifs is 5. The molecule has 3 nitrogen and oxygen atoms in total. The monoisotopic (exact) mass is 308 g/mol. The number of carbonyl (C=O) groups excluding carboxylic acids is 1. The number of benzene rings is 2. The van der Waals surface area contributed by atoms with Crippen LogP contribution in [-0.2, 0) is 0 Å². The molecule has 0 atom stereocenters. The molecule has 22 heavy (non-hydrogen) atoms. The summed E-state index contributed by atoms with van der Waals surface area (Å²) < 4.78 is 2.07. The maximum atomic E-state index is 12.0. The van der Waals surface area contributed by atoms with Gasteiger partial charge in [0.25, 0.3) is 0 Å². The van der Waals surface area contributed by atoms with Crippen molar-refractivity contribution < 1.29 is 4.79 Å². The van der Waals surface area contributed by atoms with Crippen LogP contribution in [0.2, 0.25) is 5.02 Å². The van der Waals surface area contributed by atoms with E-state index < -0.39 is 0 Å². The number of halogens is 1. The van der Waals surface area contributed by atoms with Crippen molar-refractivity contribution in [1.82, 2.24) is 9.38 Å². The maximum absolute atomic E-state index is 12.0. The Hall–Kier alpha value is -2.39. The molecule has 0 aliphatic rings. The van der Waals surface area contributed by atoms with Crippen LogP contribution in [0.5, 0.6) is 0 Å². The van der Waals surface area contributed by atoms with Gasteiger partial charge < -0.3 is 4.40 Å². The number of ketones is 1. The molecule has 0 aliphatic carbocycles. The zero-order chi connectivity index (χ0) is 15.4. The molecule has 0 radical (unpaired) electrons. The van der Waals surface area contributed by atoms with Crippen molar-refractivity contribution in [2.45, 2.75) is 13.8 Å². The average Bonchev–Trinajstić information content (AvgIpc) is 2.84. The van der Waals surface area contributed by atoms with Gasteiger partial charge in [0, 0.05) is 17.3 Å². The smallest absolute Gasteiger partial charge is 0.180 e. The van der Waals surface area contributed by atoms with Crippen molar-refractivity contribution in [3.05, 3.63) is 58.7 Å². The molecule has 0 spiro atoms. The number of Topliss-reactive ketones (excluding diaryl/α,β-unsaturated/α-hetero) is 1. The second-order valence-electron chi connectivity index (χ2n) is 5.58. The van der Waals surface area contributed by atoms with Crippen molar-refractivity contribution in [1.29, 1.82) is 0 Å². The van der Waals surface area contributed by atoms with Gasteiger partial charge in [-0.05, 0) is 43.3 Å². The average molecular weight is 309 g/mol. The molecule has 0 aliphatic heterocycles. The number of hydrogen-bond donors (Lipinski definition) is 0. The highest BCUT2D eigenvalue weighted by Crippen LogP contribution is 2.29. The van der Waals surface area contributed by atoms with Gasteiger partial charge in [0.15, 0.2) is 5.78 Å². The Balaban J connectivity index is 2.33. The third kappa shape index (κ3) is 1.82. The molecule has 0 bridgehead atoms. The van der Waals surface area contributed by atoms with Gasteiger partial charge in [-0.1, -0.05) is 23.2 Å². The predicted molar refractivity (Wildman–Crippen MR) is 90.0 cm³/mol. The molecular weight excluding hydrogens is 296 g/mol. The molecule has 2 heterocycles. The fraction of sp³-hybridized carbons (Fsp3) is 0.111. The normalized spacial score (nSPS) is 11.6. The fourth-order valence-electron chi connectivity index (χ4n) is 2.98. The van der Waals surface area contributed by atoms with Crippen LogP contribution in [0, 0.1) is 6.92 Å². The number of aryl methyl sites for hydroxylation is 1. The van der Waals surface area contributed by atoms with E-state index >= 15 is 0 Å². The molecule has 4 heteroatoms. The van der Waals surface area contributed by atoms with Crippen molar-refractivity contribution in [2.24, 2.45) is 0 Å².